The van der Waals surface area contributed by atoms with Crippen molar-refractivity contribution in [2.75, 3.05) is 12.4 Å². The van der Waals surface area contributed by atoms with Crippen molar-refractivity contribution in [3.63, 3.8) is 0 Å². The van der Waals surface area contributed by atoms with Gasteiger partial charge in [0.25, 0.3) is 0 Å². The van der Waals surface area contributed by atoms with E-state index in [2.05, 4.69) is 22.2 Å². The molecule has 4 nitrogen and oxygen atoms in total. The molecule has 1 aromatic carbocycles. The van der Waals surface area contributed by atoms with Gasteiger partial charge in [-0.1, -0.05) is 12.2 Å². The Morgan fingerprint density at radius 1 is 1.30 bits per heavy atom. The van der Waals surface area contributed by atoms with Crippen molar-refractivity contribution in [1.29, 1.82) is 0 Å². The van der Waals surface area contributed by atoms with Crippen LogP contribution in [0.1, 0.15) is 35.2 Å². The summed E-state index contributed by atoms with van der Waals surface area (Å²) in [6.07, 6.45) is 6.81. The smallest absolute Gasteiger partial charge is 0.337 e. The quantitative estimate of drug-likeness (QED) is 0.680. The highest BCUT2D eigenvalue weighted by Gasteiger charge is 2.19. The van der Waals surface area contributed by atoms with Crippen LogP contribution in [0.4, 0.5) is 5.69 Å². The molecule has 0 heterocycles. The van der Waals surface area contributed by atoms with Crippen LogP contribution in [0.3, 0.4) is 0 Å². The minimum atomic E-state index is -0.372. The molecule has 0 saturated heterocycles. The van der Waals surface area contributed by atoms with Gasteiger partial charge < -0.3 is 10.1 Å². The van der Waals surface area contributed by atoms with E-state index in [1.807, 2.05) is 6.92 Å². The van der Waals surface area contributed by atoms with Crippen molar-refractivity contribution in [1.82, 2.24) is 0 Å². The summed E-state index contributed by atoms with van der Waals surface area (Å²) < 4.78 is 4.67. The molecular formula is C16H19NO3. The molecule has 20 heavy (non-hydrogen) atoms. The highest BCUT2D eigenvalue weighted by Crippen LogP contribution is 2.22. The average molecular weight is 273 g/mol. The second-order valence-electron chi connectivity index (χ2n) is 4.99. The number of benzene rings is 1. The number of allylic oxidation sites excluding steroid dienone is 2. The van der Waals surface area contributed by atoms with Crippen molar-refractivity contribution in [2.45, 2.75) is 26.2 Å². The molecule has 1 aliphatic rings. The topological polar surface area (TPSA) is 55.4 Å². The van der Waals surface area contributed by atoms with Crippen LogP contribution in [0.15, 0.2) is 30.4 Å². The highest BCUT2D eigenvalue weighted by atomic mass is 16.5. The van der Waals surface area contributed by atoms with Gasteiger partial charge in [-0.3, -0.25) is 4.79 Å². The molecule has 2 rings (SSSR count). The van der Waals surface area contributed by atoms with Gasteiger partial charge in [0.15, 0.2) is 0 Å². The van der Waals surface area contributed by atoms with E-state index in [1.165, 1.54) is 7.11 Å². The Bertz CT molecular complexity index is 549. The minimum Gasteiger partial charge on any atom is -0.465 e. The Hall–Kier alpha value is -2.10. The highest BCUT2D eigenvalue weighted by molar-refractivity contribution is 5.95. The van der Waals surface area contributed by atoms with E-state index in [4.69, 9.17) is 0 Å². The van der Waals surface area contributed by atoms with Crippen molar-refractivity contribution in [3.05, 3.63) is 41.5 Å². The Kier molecular flexibility index (Phi) is 4.56. The maximum absolute atomic E-state index is 12.2. The summed E-state index contributed by atoms with van der Waals surface area (Å²) in [7, 11) is 1.35. The SMILES string of the molecule is COC(=O)c1ccc(NC(=O)C2CC=CCC2)c(C)c1. The number of nitrogens with one attached hydrogen (secondary N) is 1. The minimum absolute atomic E-state index is 0.0414. The van der Waals surface area contributed by atoms with Crippen molar-refractivity contribution < 1.29 is 14.3 Å². The summed E-state index contributed by atoms with van der Waals surface area (Å²) >= 11 is 0. The van der Waals surface area contributed by atoms with Crippen LogP contribution in [-0.2, 0) is 9.53 Å². The van der Waals surface area contributed by atoms with Gasteiger partial charge in [-0.2, -0.15) is 0 Å². The molecule has 1 aliphatic carbocycles. The monoisotopic (exact) mass is 273 g/mol. The van der Waals surface area contributed by atoms with Crippen molar-refractivity contribution >= 4 is 17.6 Å². The van der Waals surface area contributed by atoms with Gasteiger partial charge in [-0.25, -0.2) is 4.79 Å². The number of esters is 1. The lowest BCUT2D eigenvalue weighted by atomic mass is 9.93. The number of anilines is 1. The lowest BCUT2D eigenvalue weighted by molar-refractivity contribution is -0.120. The van der Waals surface area contributed by atoms with E-state index in [0.717, 1.165) is 30.5 Å². The number of hydrogen-bond donors (Lipinski definition) is 1. The molecule has 0 saturated carbocycles. The zero-order chi connectivity index (χ0) is 14.5. The first kappa shape index (κ1) is 14.3. The Morgan fingerprint density at radius 3 is 2.70 bits per heavy atom. The number of rotatable bonds is 3. The largest absolute Gasteiger partial charge is 0.465 e. The predicted octanol–water partition coefficient (Wildman–Crippen LogP) is 3.08. The maximum atomic E-state index is 12.2. The zero-order valence-corrected chi connectivity index (χ0v) is 11.8. The molecule has 1 atom stereocenters. The molecule has 1 unspecified atom stereocenters. The lowest BCUT2D eigenvalue weighted by Crippen LogP contribution is -2.24. The van der Waals surface area contributed by atoms with E-state index < -0.39 is 0 Å². The van der Waals surface area contributed by atoms with Crippen LogP contribution < -0.4 is 5.32 Å². The van der Waals surface area contributed by atoms with E-state index in [9.17, 15) is 9.59 Å². The van der Waals surface area contributed by atoms with E-state index >= 15 is 0 Å². The number of carbonyl (C=O) groups is 2. The first-order valence-corrected chi connectivity index (χ1v) is 6.76. The fraction of sp³-hybridized carbons (Fsp3) is 0.375. The van der Waals surface area contributed by atoms with Crippen LogP contribution in [-0.4, -0.2) is 19.0 Å². The number of ether oxygens (including phenoxy) is 1. The van der Waals surface area contributed by atoms with Gasteiger partial charge in [-0.15, -0.1) is 0 Å². The van der Waals surface area contributed by atoms with Gasteiger partial charge in [0.1, 0.15) is 0 Å². The molecule has 1 aromatic rings. The van der Waals surface area contributed by atoms with E-state index in [1.54, 1.807) is 18.2 Å². The third-order valence-corrected chi connectivity index (χ3v) is 3.55. The summed E-state index contributed by atoms with van der Waals surface area (Å²) in [5.74, 6) is -0.286. The van der Waals surface area contributed by atoms with Crippen molar-refractivity contribution in [3.8, 4) is 0 Å². The fourth-order valence-electron chi connectivity index (χ4n) is 2.32. The average Bonchev–Trinajstić information content (AvgIpc) is 2.49. The first-order valence-electron chi connectivity index (χ1n) is 6.76. The summed E-state index contributed by atoms with van der Waals surface area (Å²) in [5, 5.41) is 2.94. The number of amides is 1. The predicted molar refractivity (Wildman–Crippen MR) is 77.6 cm³/mol. The molecular weight excluding hydrogens is 254 g/mol. The molecule has 0 aliphatic heterocycles. The molecule has 0 spiro atoms. The molecule has 4 heteroatoms. The van der Waals surface area contributed by atoms with Gasteiger partial charge in [0, 0.05) is 11.6 Å². The third-order valence-electron chi connectivity index (χ3n) is 3.55. The number of methoxy groups -OCH3 is 1. The molecule has 106 valence electrons. The second-order valence-corrected chi connectivity index (χ2v) is 4.99. The first-order chi connectivity index (χ1) is 9.61. The number of hydrogen-bond acceptors (Lipinski definition) is 3. The maximum Gasteiger partial charge on any atom is 0.337 e. The van der Waals surface area contributed by atoms with Crippen LogP contribution in [0.2, 0.25) is 0 Å². The van der Waals surface area contributed by atoms with Gasteiger partial charge in [-0.05, 0) is 49.9 Å². The molecule has 1 N–H and O–H groups in total. The number of aryl methyl sites for hydroxylation is 1. The van der Waals surface area contributed by atoms with Gasteiger partial charge >= 0.3 is 5.97 Å². The zero-order valence-electron chi connectivity index (χ0n) is 11.8. The molecule has 1 amide bonds. The van der Waals surface area contributed by atoms with E-state index in [0.29, 0.717) is 5.56 Å². The molecule has 0 radical (unpaired) electrons. The van der Waals surface area contributed by atoms with E-state index in [-0.39, 0.29) is 17.8 Å². The van der Waals surface area contributed by atoms with Crippen molar-refractivity contribution in [2.24, 2.45) is 5.92 Å². The van der Waals surface area contributed by atoms with Crippen LogP contribution in [0.25, 0.3) is 0 Å². The summed E-state index contributed by atoms with van der Waals surface area (Å²) in [6.45, 7) is 1.86. The summed E-state index contributed by atoms with van der Waals surface area (Å²) in [6, 6.07) is 5.13. The van der Waals surface area contributed by atoms with Crippen LogP contribution in [0, 0.1) is 12.8 Å². The summed E-state index contributed by atoms with van der Waals surface area (Å²) in [5.41, 5.74) is 2.09. The lowest BCUT2D eigenvalue weighted by Gasteiger charge is -2.18. The third kappa shape index (κ3) is 3.26. The fourth-order valence-corrected chi connectivity index (χ4v) is 2.32. The summed E-state index contributed by atoms with van der Waals surface area (Å²) in [4.78, 5) is 23.6. The molecule has 0 aromatic heterocycles. The van der Waals surface area contributed by atoms with Gasteiger partial charge in [0.2, 0.25) is 5.91 Å². The molecule has 0 bridgehead atoms. The Morgan fingerprint density at radius 2 is 2.10 bits per heavy atom. The Labute approximate surface area is 118 Å². The normalized spacial score (nSPS) is 17.6. The number of carbonyl (C=O) groups excluding carboxylic acids is 2. The van der Waals surface area contributed by atoms with Gasteiger partial charge in [0.05, 0.1) is 12.7 Å². The standard InChI is InChI=1S/C16H19NO3/c1-11-10-13(16(19)20-2)8-9-14(11)17-15(18)12-6-4-3-5-7-12/h3-4,8-10,12H,5-7H2,1-2H3,(H,17,18). The molecule has 0 fully saturated rings. The van der Waals surface area contributed by atoms with Crippen LogP contribution >= 0.6 is 0 Å². The van der Waals surface area contributed by atoms with Crippen LogP contribution in [0.5, 0.6) is 0 Å². The Balaban J connectivity index is 2.07. The second kappa shape index (κ2) is 6.37.